The van der Waals surface area contributed by atoms with Crippen molar-refractivity contribution in [2.24, 2.45) is 0 Å². The summed E-state index contributed by atoms with van der Waals surface area (Å²) < 4.78 is 10.6. The molecule has 0 aliphatic rings. The Morgan fingerprint density at radius 2 is 0.796 bits per heavy atom. The Balaban J connectivity index is 3.59. The molecule has 0 spiro atoms. The number of esters is 2. The van der Waals surface area contributed by atoms with Crippen LogP contribution in [-0.4, -0.2) is 36.4 Å². The van der Waals surface area contributed by atoms with E-state index in [0.29, 0.717) is 12.8 Å². The Morgan fingerprint density at radius 1 is 0.444 bits per heavy atom. The highest BCUT2D eigenvalue weighted by Gasteiger charge is 2.16. The lowest BCUT2D eigenvalue weighted by Gasteiger charge is -2.15. The van der Waals surface area contributed by atoms with Crippen molar-refractivity contribution in [2.45, 2.75) is 213 Å². The first-order chi connectivity index (χ1) is 26.6. The van der Waals surface area contributed by atoms with Gasteiger partial charge in [0.05, 0.1) is 6.61 Å². The maximum Gasteiger partial charge on any atom is 0.306 e. The molecule has 0 aromatic rings. The van der Waals surface area contributed by atoms with Crippen LogP contribution < -0.4 is 0 Å². The van der Waals surface area contributed by atoms with Gasteiger partial charge in [-0.3, -0.25) is 9.59 Å². The van der Waals surface area contributed by atoms with E-state index in [2.05, 4.69) is 86.8 Å². The molecule has 0 bridgehead atoms. The Morgan fingerprint density at radius 3 is 1.24 bits per heavy atom. The van der Waals surface area contributed by atoms with Crippen molar-refractivity contribution >= 4 is 11.9 Å². The van der Waals surface area contributed by atoms with Gasteiger partial charge in [-0.1, -0.05) is 183 Å². The number of aliphatic hydroxyl groups excluding tert-OH is 1. The molecule has 0 fully saturated rings. The number of unbranched alkanes of at least 4 members (excludes halogenated alkanes) is 20. The van der Waals surface area contributed by atoms with Crippen LogP contribution in [0.3, 0.4) is 0 Å². The topological polar surface area (TPSA) is 72.8 Å². The number of allylic oxidation sites excluding steroid dienone is 12. The minimum atomic E-state index is -0.792. The summed E-state index contributed by atoms with van der Waals surface area (Å²) >= 11 is 0. The van der Waals surface area contributed by atoms with Gasteiger partial charge >= 0.3 is 11.9 Å². The van der Waals surface area contributed by atoms with E-state index in [0.717, 1.165) is 77.0 Å². The molecule has 54 heavy (non-hydrogen) atoms. The number of hydrogen-bond donors (Lipinski definition) is 1. The molecule has 0 aromatic carbocycles. The van der Waals surface area contributed by atoms with Gasteiger partial charge in [0, 0.05) is 12.8 Å². The summed E-state index contributed by atoms with van der Waals surface area (Å²) in [6, 6.07) is 0. The quantitative estimate of drug-likeness (QED) is 0.0383. The molecule has 0 radical (unpaired) electrons. The second-order valence-corrected chi connectivity index (χ2v) is 14.7. The van der Waals surface area contributed by atoms with E-state index in [1.165, 1.54) is 103 Å². The Kier molecular flexibility index (Phi) is 42.5. The van der Waals surface area contributed by atoms with Gasteiger partial charge in [0.2, 0.25) is 0 Å². The predicted octanol–water partition coefficient (Wildman–Crippen LogP) is 14.5. The molecule has 1 atom stereocenters. The van der Waals surface area contributed by atoms with Crippen molar-refractivity contribution in [1.29, 1.82) is 0 Å². The highest BCUT2D eigenvalue weighted by molar-refractivity contribution is 5.70. The van der Waals surface area contributed by atoms with Crippen LogP contribution >= 0.6 is 0 Å². The highest BCUT2D eigenvalue weighted by atomic mass is 16.6. The summed E-state index contributed by atoms with van der Waals surface area (Å²) in [6.45, 7) is 4.00. The maximum absolute atomic E-state index is 12.2. The number of ether oxygens (including phenoxy) is 2. The van der Waals surface area contributed by atoms with E-state index >= 15 is 0 Å². The molecule has 0 aromatic heterocycles. The van der Waals surface area contributed by atoms with Crippen molar-refractivity contribution in [2.75, 3.05) is 13.2 Å². The zero-order valence-corrected chi connectivity index (χ0v) is 35.2. The van der Waals surface area contributed by atoms with Gasteiger partial charge in [-0.15, -0.1) is 0 Å². The van der Waals surface area contributed by atoms with Crippen LogP contribution in [-0.2, 0) is 19.1 Å². The summed E-state index contributed by atoms with van der Waals surface area (Å²) in [5.41, 5.74) is 0. The van der Waals surface area contributed by atoms with Gasteiger partial charge in [-0.25, -0.2) is 0 Å². The lowest BCUT2D eigenvalue weighted by atomic mass is 10.0. The zero-order chi connectivity index (χ0) is 39.3. The minimum absolute atomic E-state index is 0.0822. The molecular formula is C49H84O5. The lowest BCUT2D eigenvalue weighted by Crippen LogP contribution is -2.28. The molecule has 5 nitrogen and oxygen atoms in total. The summed E-state index contributed by atoms with van der Waals surface area (Å²) in [6.07, 6.45) is 59.7. The fraction of sp³-hybridized carbons (Fsp3) is 0.714. The van der Waals surface area contributed by atoms with Crippen molar-refractivity contribution < 1.29 is 24.2 Å². The molecule has 0 heterocycles. The van der Waals surface area contributed by atoms with Crippen LogP contribution in [0.2, 0.25) is 0 Å². The summed E-state index contributed by atoms with van der Waals surface area (Å²) in [5, 5.41) is 9.59. The smallest absolute Gasteiger partial charge is 0.306 e. The fourth-order valence-corrected chi connectivity index (χ4v) is 6.10. The lowest BCUT2D eigenvalue weighted by molar-refractivity contribution is -0.161. The monoisotopic (exact) mass is 753 g/mol. The van der Waals surface area contributed by atoms with E-state index in [1.807, 2.05) is 0 Å². The number of carbonyl (C=O) groups excluding carboxylic acids is 2. The first-order valence-corrected chi connectivity index (χ1v) is 22.5. The van der Waals surface area contributed by atoms with Gasteiger partial charge < -0.3 is 14.6 Å². The molecule has 0 rings (SSSR count). The van der Waals surface area contributed by atoms with Gasteiger partial charge in [-0.2, -0.15) is 0 Å². The third-order valence-electron chi connectivity index (χ3n) is 9.48. The normalized spacial score (nSPS) is 12.9. The number of carbonyl (C=O) groups is 2. The number of hydrogen-bond acceptors (Lipinski definition) is 5. The molecule has 0 saturated heterocycles. The zero-order valence-electron chi connectivity index (χ0n) is 35.2. The van der Waals surface area contributed by atoms with Crippen LogP contribution in [0.1, 0.15) is 206 Å². The minimum Gasteiger partial charge on any atom is -0.462 e. The van der Waals surface area contributed by atoms with Gasteiger partial charge in [0.1, 0.15) is 6.61 Å². The van der Waals surface area contributed by atoms with Crippen molar-refractivity contribution in [1.82, 2.24) is 0 Å². The summed E-state index contributed by atoms with van der Waals surface area (Å²) in [7, 11) is 0. The summed E-state index contributed by atoms with van der Waals surface area (Å²) in [5.74, 6) is -0.630. The molecule has 1 N–H and O–H groups in total. The first kappa shape index (κ1) is 51.3. The number of rotatable bonds is 40. The third kappa shape index (κ3) is 42.1. The standard InChI is InChI=1S/C49H84O5/c1-3-5-7-9-11-13-15-17-19-21-23-24-26-27-29-31-33-35-37-39-41-43-48(51)53-46-47(45-50)54-49(52)44-42-40-38-36-34-32-30-28-25-22-20-18-16-14-12-10-8-6-4-2/h6,8,12,14,17-20,25,28,32,34,47,50H,3-5,7,9-11,13,15-16,21-24,26-27,29-31,33,35-46H2,1-2H3/b8-6-,14-12-,19-17-,20-18-,28-25-,34-32-/t47-/m0/s1. The SMILES string of the molecule is CC/C=C\C/C=C\C/C=C\C/C=C\C/C=C\CCCCCC(=O)O[C@@H](CO)COC(=O)CCCCCCCCCCCCC/C=C\CCCCCCCC. The van der Waals surface area contributed by atoms with Crippen LogP contribution in [0.4, 0.5) is 0 Å². The van der Waals surface area contributed by atoms with E-state index in [1.54, 1.807) is 0 Å². The highest BCUT2D eigenvalue weighted by Crippen LogP contribution is 2.14. The van der Waals surface area contributed by atoms with E-state index in [4.69, 9.17) is 9.47 Å². The van der Waals surface area contributed by atoms with Gasteiger partial charge in [0.25, 0.3) is 0 Å². The second kappa shape index (κ2) is 44.7. The molecule has 0 aliphatic carbocycles. The third-order valence-corrected chi connectivity index (χ3v) is 9.48. The summed E-state index contributed by atoms with van der Waals surface area (Å²) in [4.78, 5) is 24.4. The van der Waals surface area contributed by atoms with Crippen molar-refractivity contribution in [3.05, 3.63) is 72.9 Å². The van der Waals surface area contributed by atoms with E-state index < -0.39 is 6.10 Å². The molecule has 5 heteroatoms. The Labute approximate surface area is 333 Å². The van der Waals surface area contributed by atoms with Crippen molar-refractivity contribution in [3.63, 3.8) is 0 Å². The molecule has 0 amide bonds. The predicted molar refractivity (Wildman–Crippen MR) is 233 cm³/mol. The fourth-order valence-electron chi connectivity index (χ4n) is 6.10. The Bertz CT molecular complexity index is 988. The average Bonchev–Trinajstić information content (AvgIpc) is 3.17. The Hall–Kier alpha value is -2.66. The van der Waals surface area contributed by atoms with E-state index in [-0.39, 0.29) is 25.2 Å². The molecular weight excluding hydrogens is 669 g/mol. The second-order valence-electron chi connectivity index (χ2n) is 14.7. The van der Waals surface area contributed by atoms with Crippen LogP contribution in [0.15, 0.2) is 72.9 Å². The largest absolute Gasteiger partial charge is 0.462 e. The van der Waals surface area contributed by atoms with Crippen LogP contribution in [0, 0.1) is 0 Å². The van der Waals surface area contributed by atoms with E-state index in [9.17, 15) is 14.7 Å². The first-order valence-electron chi connectivity index (χ1n) is 22.5. The van der Waals surface area contributed by atoms with Gasteiger partial charge in [-0.05, 0) is 83.5 Å². The molecule has 0 unspecified atom stereocenters. The maximum atomic E-state index is 12.2. The average molecular weight is 753 g/mol. The van der Waals surface area contributed by atoms with Crippen molar-refractivity contribution in [3.8, 4) is 0 Å². The molecule has 0 saturated carbocycles. The van der Waals surface area contributed by atoms with Crippen LogP contribution in [0.25, 0.3) is 0 Å². The number of aliphatic hydroxyl groups is 1. The van der Waals surface area contributed by atoms with Crippen LogP contribution in [0.5, 0.6) is 0 Å². The molecule has 0 aliphatic heterocycles. The molecule has 310 valence electrons. The van der Waals surface area contributed by atoms with Gasteiger partial charge in [0.15, 0.2) is 6.10 Å².